The Bertz CT molecular complexity index is 952. The van der Waals surface area contributed by atoms with Crippen LogP contribution in [0, 0.1) is 5.92 Å². The van der Waals surface area contributed by atoms with Crippen molar-refractivity contribution in [2.75, 3.05) is 13.1 Å². The second kappa shape index (κ2) is 7.74. The highest BCUT2D eigenvalue weighted by atomic mass is 32.2. The molecule has 1 amide bonds. The second-order valence-electron chi connectivity index (χ2n) is 9.23. The maximum absolute atomic E-state index is 13.1. The van der Waals surface area contributed by atoms with Gasteiger partial charge in [0.1, 0.15) is 0 Å². The molecular formula is C21H28F3N3O3S. The van der Waals surface area contributed by atoms with Gasteiger partial charge in [0.2, 0.25) is 15.9 Å². The van der Waals surface area contributed by atoms with Crippen LogP contribution in [-0.4, -0.2) is 54.4 Å². The molecule has 1 aromatic rings. The Balaban J connectivity index is 1.53. The molecule has 6 nitrogen and oxygen atoms in total. The van der Waals surface area contributed by atoms with Gasteiger partial charge in [-0.15, -0.1) is 0 Å². The zero-order chi connectivity index (χ0) is 22.6. The summed E-state index contributed by atoms with van der Waals surface area (Å²) in [4.78, 5) is 14.6. The Morgan fingerprint density at radius 2 is 1.84 bits per heavy atom. The molecule has 0 unspecified atom stereocenters. The molecule has 2 heterocycles. The number of nitrogens with one attached hydrogen (secondary N) is 1. The smallest absolute Gasteiger partial charge is 0.320 e. The minimum Gasteiger partial charge on any atom is -0.320 e. The Kier molecular flexibility index (Phi) is 5.63. The quantitative estimate of drug-likeness (QED) is 0.734. The van der Waals surface area contributed by atoms with E-state index in [1.807, 2.05) is 4.90 Å². The van der Waals surface area contributed by atoms with Crippen molar-refractivity contribution < 1.29 is 26.4 Å². The lowest BCUT2D eigenvalue weighted by Crippen LogP contribution is -2.60. The van der Waals surface area contributed by atoms with E-state index in [0.29, 0.717) is 24.8 Å². The summed E-state index contributed by atoms with van der Waals surface area (Å²) in [5.41, 5.74) is -1.56. The number of carbonyl (C=O) groups excluding carboxylic acids is 1. The third-order valence-electron chi connectivity index (χ3n) is 6.41. The number of hydrogen-bond donors (Lipinski definition) is 1. The van der Waals surface area contributed by atoms with E-state index in [9.17, 15) is 26.4 Å². The SMILES string of the molecule is CC(C)C[C@H]1NC2(CCN(S(=O)(=O)c3cccc(C(F)(F)F)c3)CC2)N(C2CC2)C1=O. The molecule has 1 aliphatic carbocycles. The normalized spacial score (nSPS) is 25.0. The highest BCUT2D eigenvalue weighted by Gasteiger charge is 2.56. The lowest BCUT2D eigenvalue weighted by molar-refractivity contribution is -0.137. The highest BCUT2D eigenvalue weighted by molar-refractivity contribution is 7.89. The lowest BCUT2D eigenvalue weighted by atomic mass is 9.97. The first kappa shape index (κ1) is 22.5. The fourth-order valence-electron chi connectivity index (χ4n) is 4.79. The van der Waals surface area contributed by atoms with Gasteiger partial charge in [0.15, 0.2) is 0 Å². The number of rotatable bonds is 5. The van der Waals surface area contributed by atoms with E-state index < -0.39 is 27.4 Å². The summed E-state index contributed by atoms with van der Waals surface area (Å²) in [6.45, 7) is 4.42. The van der Waals surface area contributed by atoms with Gasteiger partial charge in [-0.25, -0.2) is 8.42 Å². The number of amides is 1. The standard InChI is InChI=1S/C21H28F3N3O3S/c1-14(2)12-18-19(28)27(16-6-7-16)20(25-18)8-10-26(11-9-20)31(29,30)17-5-3-4-15(13-17)21(22,23)24/h3-5,13-14,16,18,25H,6-12H2,1-2H3/t18-/m1/s1. The number of alkyl halides is 3. The van der Waals surface area contributed by atoms with Crippen LogP contribution in [0.4, 0.5) is 13.2 Å². The van der Waals surface area contributed by atoms with Gasteiger partial charge in [-0.05, 0) is 56.2 Å². The summed E-state index contributed by atoms with van der Waals surface area (Å²) in [5.74, 6) is 0.435. The van der Waals surface area contributed by atoms with Gasteiger partial charge in [-0.3, -0.25) is 10.1 Å². The van der Waals surface area contributed by atoms with Crippen molar-refractivity contribution in [1.82, 2.24) is 14.5 Å². The number of benzene rings is 1. The molecular weight excluding hydrogens is 431 g/mol. The topological polar surface area (TPSA) is 69.7 Å². The third kappa shape index (κ3) is 4.21. The lowest BCUT2D eigenvalue weighted by Gasteiger charge is -2.44. The van der Waals surface area contributed by atoms with Crippen molar-refractivity contribution in [2.45, 2.75) is 74.8 Å². The van der Waals surface area contributed by atoms with E-state index in [1.54, 1.807) is 0 Å². The largest absolute Gasteiger partial charge is 0.416 e. The molecule has 3 fully saturated rings. The summed E-state index contributed by atoms with van der Waals surface area (Å²) in [7, 11) is -4.06. The first-order valence-electron chi connectivity index (χ1n) is 10.7. The molecule has 1 atom stereocenters. The monoisotopic (exact) mass is 459 g/mol. The maximum Gasteiger partial charge on any atom is 0.416 e. The van der Waals surface area contributed by atoms with Crippen molar-refractivity contribution >= 4 is 15.9 Å². The number of carbonyl (C=O) groups is 1. The Morgan fingerprint density at radius 3 is 2.39 bits per heavy atom. The van der Waals surface area contributed by atoms with E-state index in [2.05, 4.69) is 19.2 Å². The van der Waals surface area contributed by atoms with E-state index in [4.69, 9.17) is 0 Å². The molecule has 0 bridgehead atoms. The number of sulfonamides is 1. The van der Waals surface area contributed by atoms with Gasteiger partial charge in [0.25, 0.3) is 0 Å². The highest BCUT2D eigenvalue weighted by Crippen LogP contribution is 2.42. The predicted octanol–water partition coefficient (Wildman–Crippen LogP) is 3.20. The molecule has 31 heavy (non-hydrogen) atoms. The van der Waals surface area contributed by atoms with E-state index >= 15 is 0 Å². The molecule has 2 aliphatic heterocycles. The fraction of sp³-hybridized carbons (Fsp3) is 0.667. The predicted molar refractivity (Wildman–Crippen MR) is 108 cm³/mol. The first-order valence-corrected chi connectivity index (χ1v) is 12.2. The minimum atomic E-state index is -4.61. The molecule has 0 aromatic heterocycles. The van der Waals surface area contributed by atoms with Crippen molar-refractivity contribution in [3.63, 3.8) is 0 Å². The Morgan fingerprint density at radius 1 is 1.19 bits per heavy atom. The van der Waals surface area contributed by atoms with Gasteiger partial charge in [0.05, 0.1) is 22.2 Å². The molecule has 1 N–H and O–H groups in total. The van der Waals surface area contributed by atoms with Crippen LogP contribution in [0.3, 0.4) is 0 Å². The van der Waals surface area contributed by atoms with Crippen LogP contribution in [0.5, 0.6) is 0 Å². The average Bonchev–Trinajstić information content (AvgIpc) is 3.48. The van der Waals surface area contributed by atoms with Crippen molar-refractivity contribution in [1.29, 1.82) is 0 Å². The summed E-state index contributed by atoms with van der Waals surface area (Å²) < 4.78 is 66.4. The number of halogens is 3. The van der Waals surface area contributed by atoms with Crippen LogP contribution < -0.4 is 5.32 Å². The zero-order valence-electron chi connectivity index (χ0n) is 17.7. The van der Waals surface area contributed by atoms with Crippen molar-refractivity contribution in [3.05, 3.63) is 29.8 Å². The van der Waals surface area contributed by atoms with Gasteiger partial charge in [-0.2, -0.15) is 17.5 Å². The summed E-state index contributed by atoms with van der Waals surface area (Å²) in [5, 5.41) is 3.51. The summed E-state index contributed by atoms with van der Waals surface area (Å²) in [6, 6.07) is 3.79. The van der Waals surface area contributed by atoms with E-state index in [-0.39, 0.29) is 36.0 Å². The molecule has 1 saturated carbocycles. The molecule has 2 saturated heterocycles. The average molecular weight is 460 g/mol. The summed E-state index contributed by atoms with van der Waals surface area (Å²) >= 11 is 0. The maximum atomic E-state index is 13.1. The van der Waals surface area contributed by atoms with Gasteiger partial charge in [0, 0.05) is 19.1 Å². The molecule has 1 spiro atoms. The van der Waals surface area contributed by atoms with Gasteiger partial charge >= 0.3 is 6.18 Å². The van der Waals surface area contributed by atoms with Crippen LogP contribution in [0.25, 0.3) is 0 Å². The van der Waals surface area contributed by atoms with Crippen LogP contribution in [0.2, 0.25) is 0 Å². The Hall–Kier alpha value is -1.65. The molecule has 3 aliphatic rings. The molecule has 172 valence electrons. The van der Waals surface area contributed by atoms with Crippen molar-refractivity contribution in [3.8, 4) is 0 Å². The van der Waals surface area contributed by atoms with E-state index in [1.165, 1.54) is 10.4 Å². The van der Waals surface area contributed by atoms with Crippen LogP contribution in [0.1, 0.15) is 51.5 Å². The zero-order valence-corrected chi connectivity index (χ0v) is 18.5. The van der Waals surface area contributed by atoms with E-state index in [0.717, 1.165) is 31.4 Å². The molecule has 1 aromatic carbocycles. The minimum absolute atomic E-state index is 0.0883. The van der Waals surface area contributed by atoms with Crippen LogP contribution in [0.15, 0.2) is 29.2 Å². The molecule has 4 rings (SSSR count). The van der Waals surface area contributed by atoms with Gasteiger partial charge in [-0.1, -0.05) is 19.9 Å². The fourth-order valence-corrected chi connectivity index (χ4v) is 6.28. The molecule has 0 radical (unpaired) electrons. The Labute approximate surface area is 180 Å². The second-order valence-corrected chi connectivity index (χ2v) is 11.2. The van der Waals surface area contributed by atoms with Crippen molar-refractivity contribution in [2.24, 2.45) is 5.92 Å². The van der Waals surface area contributed by atoms with Crippen LogP contribution >= 0.6 is 0 Å². The first-order chi connectivity index (χ1) is 14.4. The summed E-state index contributed by atoms with van der Waals surface area (Å²) in [6.07, 6.45) is -1.15. The van der Waals surface area contributed by atoms with Gasteiger partial charge < -0.3 is 4.90 Å². The number of nitrogens with zero attached hydrogens (tertiary/aromatic N) is 2. The third-order valence-corrected chi connectivity index (χ3v) is 8.30. The van der Waals surface area contributed by atoms with Crippen LogP contribution in [-0.2, 0) is 21.0 Å². The number of piperidine rings is 1. The number of hydrogen-bond acceptors (Lipinski definition) is 4. The molecule has 10 heteroatoms.